The van der Waals surface area contributed by atoms with Crippen LogP contribution in [0, 0.1) is 5.92 Å². The molecule has 0 bridgehead atoms. The maximum absolute atomic E-state index is 3.67. The Balaban J connectivity index is 2.50. The molecule has 2 atom stereocenters. The smallest absolute Gasteiger partial charge is 0.0218 e. The molecule has 1 heterocycles. The third kappa shape index (κ3) is 3.74. The molecule has 0 amide bonds. The van der Waals surface area contributed by atoms with Crippen LogP contribution in [0.4, 0.5) is 0 Å². The van der Waals surface area contributed by atoms with Crippen molar-refractivity contribution in [1.29, 1.82) is 0 Å². The van der Waals surface area contributed by atoms with Crippen LogP contribution >= 0.6 is 0 Å². The molecule has 1 rings (SSSR count). The second-order valence-corrected chi connectivity index (χ2v) is 5.21. The molecule has 2 nitrogen and oxygen atoms in total. The summed E-state index contributed by atoms with van der Waals surface area (Å²) in [5.74, 6) is 0.893. The quantitative estimate of drug-likeness (QED) is 0.749. The van der Waals surface area contributed by atoms with Gasteiger partial charge in [-0.05, 0) is 18.8 Å². The van der Waals surface area contributed by atoms with Gasteiger partial charge in [0.15, 0.2) is 0 Å². The highest BCUT2D eigenvalue weighted by atomic mass is 15.2. The van der Waals surface area contributed by atoms with Crippen molar-refractivity contribution in [2.75, 3.05) is 19.6 Å². The number of nitrogens with zero attached hydrogens (tertiary/aromatic N) is 1. The average Bonchev–Trinajstić information content (AvgIpc) is 2.35. The van der Waals surface area contributed by atoms with Gasteiger partial charge in [-0.15, -0.1) is 0 Å². The molecule has 0 aromatic heterocycles. The molecule has 16 heavy (non-hydrogen) atoms. The minimum atomic E-state index is 0.720. The van der Waals surface area contributed by atoms with Crippen molar-refractivity contribution >= 4 is 0 Å². The van der Waals surface area contributed by atoms with Gasteiger partial charge < -0.3 is 5.32 Å². The summed E-state index contributed by atoms with van der Waals surface area (Å²) in [6.07, 6.45) is 5.20. The molecule has 1 N–H and O–H groups in total. The van der Waals surface area contributed by atoms with E-state index < -0.39 is 0 Å². The lowest BCUT2D eigenvalue weighted by Gasteiger charge is -2.41. The highest BCUT2D eigenvalue weighted by Crippen LogP contribution is 2.17. The van der Waals surface area contributed by atoms with E-state index in [0.29, 0.717) is 0 Å². The summed E-state index contributed by atoms with van der Waals surface area (Å²) >= 11 is 0. The SMILES string of the molecule is CCC(CC)CN1CC(CC)NCC1CC. The largest absolute Gasteiger partial charge is 0.311 e. The predicted octanol–water partition coefficient (Wildman–Crippen LogP) is 2.89. The van der Waals surface area contributed by atoms with Crippen molar-refractivity contribution in [2.45, 2.75) is 65.5 Å². The fraction of sp³-hybridized carbons (Fsp3) is 1.00. The van der Waals surface area contributed by atoms with Crippen LogP contribution in [-0.4, -0.2) is 36.6 Å². The molecule has 1 fully saturated rings. The highest BCUT2D eigenvalue weighted by Gasteiger charge is 2.26. The van der Waals surface area contributed by atoms with Crippen LogP contribution in [-0.2, 0) is 0 Å². The Bertz CT molecular complexity index is 178. The van der Waals surface area contributed by atoms with Gasteiger partial charge in [0.25, 0.3) is 0 Å². The summed E-state index contributed by atoms with van der Waals surface area (Å²) in [7, 11) is 0. The maximum Gasteiger partial charge on any atom is 0.0218 e. The summed E-state index contributed by atoms with van der Waals surface area (Å²) in [5.41, 5.74) is 0. The predicted molar refractivity (Wildman–Crippen MR) is 71.8 cm³/mol. The van der Waals surface area contributed by atoms with E-state index in [1.165, 1.54) is 45.3 Å². The van der Waals surface area contributed by atoms with Crippen LogP contribution in [0.15, 0.2) is 0 Å². The topological polar surface area (TPSA) is 15.3 Å². The summed E-state index contributed by atoms with van der Waals surface area (Å²) < 4.78 is 0. The molecule has 96 valence electrons. The van der Waals surface area contributed by atoms with Crippen molar-refractivity contribution in [3.05, 3.63) is 0 Å². The second kappa shape index (κ2) is 7.29. The first-order chi connectivity index (χ1) is 7.74. The Morgan fingerprint density at radius 1 is 1.12 bits per heavy atom. The molecule has 0 spiro atoms. The third-order valence-electron chi connectivity index (χ3n) is 4.22. The standard InChI is InChI=1S/C14H30N2/c1-5-12(6-2)10-16-11-13(7-3)15-9-14(16)8-4/h12-15H,5-11H2,1-4H3. The highest BCUT2D eigenvalue weighted by molar-refractivity contribution is 4.85. The first-order valence-corrected chi connectivity index (χ1v) is 7.22. The second-order valence-electron chi connectivity index (χ2n) is 5.21. The van der Waals surface area contributed by atoms with Gasteiger partial charge in [0.1, 0.15) is 0 Å². The lowest BCUT2D eigenvalue weighted by molar-refractivity contribution is 0.103. The number of piperazine rings is 1. The fourth-order valence-electron chi connectivity index (χ4n) is 2.71. The van der Waals surface area contributed by atoms with Crippen molar-refractivity contribution in [1.82, 2.24) is 10.2 Å². The van der Waals surface area contributed by atoms with Crippen molar-refractivity contribution < 1.29 is 0 Å². The Labute approximate surface area is 102 Å². The van der Waals surface area contributed by atoms with E-state index >= 15 is 0 Å². The molecule has 0 aromatic rings. The van der Waals surface area contributed by atoms with Crippen molar-refractivity contribution in [3.8, 4) is 0 Å². The summed E-state index contributed by atoms with van der Waals surface area (Å²) in [5, 5.41) is 3.67. The molecule has 0 aromatic carbocycles. The molecule has 1 aliphatic rings. The lowest BCUT2D eigenvalue weighted by Crippen LogP contribution is -2.56. The fourth-order valence-corrected chi connectivity index (χ4v) is 2.71. The Kier molecular flexibility index (Phi) is 6.37. The van der Waals surface area contributed by atoms with Gasteiger partial charge in [-0.3, -0.25) is 4.90 Å². The van der Waals surface area contributed by atoms with Gasteiger partial charge in [0, 0.05) is 31.7 Å². The van der Waals surface area contributed by atoms with Gasteiger partial charge in [0.05, 0.1) is 0 Å². The number of hydrogen-bond donors (Lipinski definition) is 1. The molecule has 2 unspecified atom stereocenters. The molecular weight excluding hydrogens is 196 g/mol. The van der Waals surface area contributed by atoms with Gasteiger partial charge in [0.2, 0.25) is 0 Å². The molecule has 0 saturated carbocycles. The van der Waals surface area contributed by atoms with Crippen LogP contribution in [0.2, 0.25) is 0 Å². The molecule has 2 heteroatoms. The van der Waals surface area contributed by atoms with E-state index in [1.807, 2.05) is 0 Å². The van der Waals surface area contributed by atoms with Gasteiger partial charge in [-0.1, -0.05) is 40.5 Å². The van der Waals surface area contributed by atoms with Crippen LogP contribution in [0.3, 0.4) is 0 Å². The zero-order chi connectivity index (χ0) is 12.0. The van der Waals surface area contributed by atoms with Crippen molar-refractivity contribution in [3.63, 3.8) is 0 Å². The van der Waals surface area contributed by atoms with Crippen LogP contribution < -0.4 is 5.32 Å². The first-order valence-electron chi connectivity index (χ1n) is 7.22. The minimum Gasteiger partial charge on any atom is -0.311 e. The van der Waals surface area contributed by atoms with Gasteiger partial charge >= 0.3 is 0 Å². The molecular formula is C14H30N2. The van der Waals surface area contributed by atoms with E-state index in [0.717, 1.165) is 18.0 Å². The van der Waals surface area contributed by atoms with Gasteiger partial charge in [-0.25, -0.2) is 0 Å². The molecule has 0 radical (unpaired) electrons. The van der Waals surface area contributed by atoms with Crippen LogP contribution in [0.25, 0.3) is 0 Å². The molecule has 1 saturated heterocycles. The van der Waals surface area contributed by atoms with Gasteiger partial charge in [-0.2, -0.15) is 0 Å². The number of nitrogens with one attached hydrogen (secondary N) is 1. The van der Waals surface area contributed by atoms with Crippen LogP contribution in [0.1, 0.15) is 53.4 Å². The van der Waals surface area contributed by atoms with E-state index in [9.17, 15) is 0 Å². The van der Waals surface area contributed by atoms with Crippen molar-refractivity contribution in [2.24, 2.45) is 5.92 Å². The minimum absolute atomic E-state index is 0.720. The van der Waals surface area contributed by atoms with E-state index in [4.69, 9.17) is 0 Å². The molecule has 0 aliphatic carbocycles. The van der Waals surface area contributed by atoms with E-state index in [2.05, 4.69) is 37.9 Å². The Hall–Kier alpha value is -0.0800. The first kappa shape index (κ1) is 14.0. The van der Waals surface area contributed by atoms with E-state index in [-0.39, 0.29) is 0 Å². The molecule has 1 aliphatic heterocycles. The number of hydrogen-bond acceptors (Lipinski definition) is 2. The monoisotopic (exact) mass is 226 g/mol. The third-order valence-corrected chi connectivity index (χ3v) is 4.22. The van der Waals surface area contributed by atoms with E-state index in [1.54, 1.807) is 0 Å². The zero-order valence-corrected chi connectivity index (χ0v) is 11.6. The Morgan fingerprint density at radius 3 is 2.31 bits per heavy atom. The summed E-state index contributed by atoms with van der Waals surface area (Å²) in [6.45, 7) is 13.0. The summed E-state index contributed by atoms with van der Waals surface area (Å²) in [6, 6.07) is 1.49. The maximum atomic E-state index is 3.67. The lowest BCUT2D eigenvalue weighted by atomic mass is 9.98. The average molecular weight is 226 g/mol. The Morgan fingerprint density at radius 2 is 1.81 bits per heavy atom. The van der Waals surface area contributed by atoms with Crippen LogP contribution in [0.5, 0.6) is 0 Å². The zero-order valence-electron chi connectivity index (χ0n) is 11.6. The summed E-state index contributed by atoms with van der Waals surface area (Å²) in [4.78, 5) is 2.74. The number of rotatable bonds is 6. The normalized spacial score (nSPS) is 27.6.